The maximum Gasteiger partial charge on any atom is 0.213 e. The molecule has 35 heavy (non-hydrogen) atoms. The van der Waals surface area contributed by atoms with Crippen molar-refractivity contribution in [2.75, 3.05) is 0 Å². The van der Waals surface area contributed by atoms with Crippen LogP contribution in [0.1, 0.15) is 31.9 Å². The predicted molar refractivity (Wildman–Crippen MR) is 146 cm³/mol. The molecular weight excluding hydrogens is 422 g/mol. The molecule has 1 aliphatic rings. The lowest BCUT2D eigenvalue weighted by molar-refractivity contribution is -0.672. The molecule has 0 N–H and O–H groups in total. The molecule has 0 amide bonds. The Morgan fingerprint density at radius 2 is 1.06 bits per heavy atom. The second-order valence-corrected chi connectivity index (χ2v) is 10.6. The topological polar surface area (TPSA) is 3.88 Å². The average molecular weight is 453 g/mol. The van der Waals surface area contributed by atoms with Crippen molar-refractivity contribution in [3.8, 4) is 44.6 Å². The third kappa shape index (κ3) is 4.08. The summed E-state index contributed by atoms with van der Waals surface area (Å²) in [5, 5.41) is 0. The minimum Gasteiger partial charge on any atom is -0.194 e. The molecule has 6 rings (SSSR count). The molecule has 170 valence electrons. The molecule has 0 atom stereocenters. The van der Waals surface area contributed by atoms with Crippen molar-refractivity contribution in [1.82, 2.24) is 0 Å². The molecule has 1 aromatic heterocycles. The SMILES string of the molecule is CC(C)(C)c1ccc2[n+](c1)Cc1ccc(-c3ccc(-c4ccc(-c5ccccc5)cc4)cc3)cc1-2. The molecule has 4 aromatic carbocycles. The maximum absolute atomic E-state index is 2.40. The van der Waals surface area contributed by atoms with Gasteiger partial charge in [-0.3, -0.25) is 0 Å². The van der Waals surface area contributed by atoms with Crippen LogP contribution in [0.3, 0.4) is 0 Å². The standard InChI is InChI=1S/C34H30N/c1-34(2,3)31-19-20-33-32-21-29(17-18-30(32)22-35(33)23-31)28-15-13-27(14-16-28)26-11-9-25(10-12-26)24-7-5-4-6-8-24/h4-21,23H,22H2,1-3H3/q+1. The zero-order chi connectivity index (χ0) is 24.0. The van der Waals surface area contributed by atoms with Crippen LogP contribution in [0, 0.1) is 0 Å². The highest BCUT2D eigenvalue weighted by molar-refractivity contribution is 5.76. The van der Waals surface area contributed by atoms with Crippen LogP contribution < -0.4 is 4.57 Å². The second kappa shape index (κ2) is 8.36. The fourth-order valence-corrected chi connectivity index (χ4v) is 5.02. The maximum atomic E-state index is 2.40. The van der Waals surface area contributed by atoms with E-state index in [-0.39, 0.29) is 5.41 Å². The van der Waals surface area contributed by atoms with E-state index in [1.807, 2.05) is 0 Å². The number of benzene rings is 4. The molecule has 0 fully saturated rings. The fourth-order valence-electron chi connectivity index (χ4n) is 5.02. The molecule has 0 saturated carbocycles. The molecule has 2 heterocycles. The fraction of sp³-hybridized carbons (Fsp3) is 0.147. The van der Waals surface area contributed by atoms with Crippen molar-refractivity contribution in [3.05, 3.63) is 127 Å². The van der Waals surface area contributed by atoms with Crippen molar-refractivity contribution in [3.63, 3.8) is 0 Å². The van der Waals surface area contributed by atoms with Gasteiger partial charge in [0.05, 0.1) is 5.56 Å². The Hall–Kier alpha value is -3.97. The zero-order valence-corrected chi connectivity index (χ0v) is 20.6. The molecule has 0 spiro atoms. The van der Waals surface area contributed by atoms with E-state index in [1.165, 1.54) is 55.8 Å². The highest BCUT2D eigenvalue weighted by Crippen LogP contribution is 2.34. The number of hydrogen-bond acceptors (Lipinski definition) is 0. The summed E-state index contributed by atoms with van der Waals surface area (Å²) in [6, 6.07) is 39.8. The number of fused-ring (bicyclic) bond motifs is 3. The van der Waals surface area contributed by atoms with Gasteiger partial charge in [-0.05, 0) is 50.9 Å². The summed E-state index contributed by atoms with van der Waals surface area (Å²) < 4.78 is 2.40. The van der Waals surface area contributed by atoms with E-state index < -0.39 is 0 Å². The van der Waals surface area contributed by atoms with Gasteiger partial charge in [-0.25, -0.2) is 0 Å². The molecule has 0 radical (unpaired) electrons. The van der Waals surface area contributed by atoms with E-state index in [9.17, 15) is 0 Å². The van der Waals surface area contributed by atoms with Crippen LogP contribution in [0.25, 0.3) is 44.6 Å². The van der Waals surface area contributed by atoms with Crippen molar-refractivity contribution < 1.29 is 4.57 Å². The summed E-state index contributed by atoms with van der Waals surface area (Å²) in [5.41, 5.74) is 13.1. The number of pyridine rings is 1. The average Bonchev–Trinajstić information content (AvgIpc) is 3.26. The highest BCUT2D eigenvalue weighted by Gasteiger charge is 2.28. The first-order valence-electron chi connectivity index (χ1n) is 12.4. The molecular formula is C34H30N+. The minimum absolute atomic E-state index is 0.158. The Kier molecular flexibility index (Phi) is 5.15. The van der Waals surface area contributed by atoms with Crippen molar-refractivity contribution >= 4 is 0 Å². The molecule has 5 aromatic rings. The Labute approximate surface area is 208 Å². The summed E-state index contributed by atoms with van der Waals surface area (Å²) >= 11 is 0. The van der Waals surface area contributed by atoms with Crippen LogP contribution in [-0.4, -0.2) is 0 Å². The van der Waals surface area contributed by atoms with Gasteiger partial charge in [0.15, 0.2) is 12.7 Å². The predicted octanol–water partition coefficient (Wildman–Crippen LogP) is 8.30. The Balaban J connectivity index is 1.27. The van der Waals surface area contributed by atoms with Gasteiger partial charge in [0, 0.05) is 17.2 Å². The van der Waals surface area contributed by atoms with Crippen LogP contribution in [0.4, 0.5) is 0 Å². The van der Waals surface area contributed by atoms with Gasteiger partial charge in [0.2, 0.25) is 5.69 Å². The summed E-state index contributed by atoms with van der Waals surface area (Å²) in [7, 11) is 0. The largest absolute Gasteiger partial charge is 0.213 e. The number of nitrogens with zero attached hydrogens (tertiary/aromatic N) is 1. The second-order valence-electron chi connectivity index (χ2n) is 10.6. The smallest absolute Gasteiger partial charge is 0.194 e. The van der Waals surface area contributed by atoms with Gasteiger partial charge < -0.3 is 0 Å². The first-order valence-corrected chi connectivity index (χ1v) is 12.4. The Morgan fingerprint density at radius 3 is 1.63 bits per heavy atom. The zero-order valence-electron chi connectivity index (χ0n) is 20.6. The number of hydrogen-bond donors (Lipinski definition) is 0. The van der Waals surface area contributed by atoms with E-state index in [2.05, 4.69) is 141 Å². The van der Waals surface area contributed by atoms with E-state index >= 15 is 0 Å². The summed E-state index contributed by atoms with van der Waals surface area (Å²) in [5.74, 6) is 0. The van der Waals surface area contributed by atoms with Gasteiger partial charge in [-0.15, -0.1) is 0 Å². The summed E-state index contributed by atoms with van der Waals surface area (Å²) in [6.45, 7) is 7.77. The highest BCUT2D eigenvalue weighted by atomic mass is 15.0. The van der Waals surface area contributed by atoms with Crippen molar-refractivity contribution in [2.45, 2.75) is 32.7 Å². The van der Waals surface area contributed by atoms with E-state index in [0.717, 1.165) is 6.54 Å². The van der Waals surface area contributed by atoms with Crippen molar-refractivity contribution in [1.29, 1.82) is 0 Å². The molecule has 1 heteroatoms. The molecule has 0 unspecified atom stereocenters. The van der Waals surface area contributed by atoms with Crippen LogP contribution in [0.5, 0.6) is 0 Å². The van der Waals surface area contributed by atoms with Crippen LogP contribution >= 0.6 is 0 Å². The van der Waals surface area contributed by atoms with Crippen LogP contribution in [0.2, 0.25) is 0 Å². The van der Waals surface area contributed by atoms with E-state index in [4.69, 9.17) is 0 Å². The van der Waals surface area contributed by atoms with Gasteiger partial charge in [0.25, 0.3) is 0 Å². The normalized spacial score (nSPS) is 12.3. The lowest BCUT2D eigenvalue weighted by Gasteiger charge is -2.16. The van der Waals surface area contributed by atoms with Crippen LogP contribution in [0.15, 0.2) is 115 Å². The lowest BCUT2D eigenvalue weighted by Crippen LogP contribution is -2.34. The number of aromatic nitrogens is 1. The lowest BCUT2D eigenvalue weighted by atomic mass is 9.88. The molecule has 0 bridgehead atoms. The van der Waals surface area contributed by atoms with E-state index in [1.54, 1.807) is 0 Å². The molecule has 1 aliphatic heterocycles. The van der Waals surface area contributed by atoms with Gasteiger partial charge in [-0.1, -0.05) is 112 Å². The first kappa shape index (κ1) is 21.6. The number of rotatable bonds is 3. The first-order chi connectivity index (χ1) is 17.0. The summed E-state index contributed by atoms with van der Waals surface area (Å²) in [6.07, 6.45) is 2.33. The third-order valence-corrected chi connectivity index (χ3v) is 7.16. The minimum atomic E-state index is 0.158. The molecule has 1 nitrogen and oxygen atoms in total. The molecule has 0 aliphatic carbocycles. The monoisotopic (exact) mass is 452 g/mol. The van der Waals surface area contributed by atoms with Gasteiger partial charge in [0.1, 0.15) is 0 Å². The van der Waals surface area contributed by atoms with Gasteiger partial charge >= 0.3 is 0 Å². The van der Waals surface area contributed by atoms with Gasteiger partial charge in [-0.2, -0.15) is 4.57 Å². The summed E-state index contributed by atoms with van der Waals surface area (Å²) in [4.78, 5) is 0. The Bertz CT molecular complexity index is 1500. The third-order valence-electron chi connectivity index (χ3n) is 7.16. The van der Waals surface area contributed by atoms with E-state index in [0.29, 0.717) is 0 Å². The Morgan fingerprint density at radius 1 is 0.543 bits per heavy atom. The van der Waals surface area contributed by atoms with Crippen molar-refractivity contribution in [2.24, 2.45) is 0 Å². The molecule has 0 saturated heterocycles. The van der Waals surface area contributed by atoms with Crippen LogP contribution in [-0.2, 0) is 12.0 Å². The quantitative estimate of drug-likeness (QED) is 0.238.